The zero-order valence-electron chi connectivity index (χ0n) is 19.4. The minimum Gasteiger partial charge on any atom is -0.348 e. The van der Waals surface area contributed by atoms with Crippen LogP contribution in [0.1, 0.15) is 49.1 Å². The molecule has 178 valence electrons. The first kappa shape index (κ1) is 23.8. The number of aryl methyl sites for hydroxylation is 1. The lowest BCUT2D eigenvalue weighted by Crippen LogP contribution is -2.57. The summed E-state index contributed by atoms with van der Waals surface area (Å²) >= 11 is 1.70. The zero-order valence-corrected chi connectivity index (χ0v) is 20.3. The number of carbonyl (C=O) groups is 2. The Bertz CT molecular complexity index is 924. The number of rotatable bonds is 9. The van der Waals surface area contributed by atoms with E-state index < -0.39 is 6.04 Å². The molecule has 3 heterocycles. The summed E-state index contributed by atoms with van der Waals surface area (Å²) in [6, 6.07) is 9.75. The number of piperidine rings is 1. The molecule has 0 radical (unpaired) electrons. The second kappa shape index (κ2) is 11.2. The quantitative estimate of drug-likeness (QED) is 0.525. The average Bonchev–Trinajstić information content (AvgIpc) is 3.33. The number of likely N-dealkylation sites (tertiary alicyclic amines) is 1. The van der Waals surface area contributed by atoms with Gasteiger partial charge in [-0.25, -0.2) is 4.98 Å². The van der Waals surface area contributed by atoms with Crippen molar-refractivity contribution in [3.05, 3.63) is 53.6 Å². The van der Waals surface area contributed by atoms with E-state index >= 15 is 0 Å². The molecule has 3 N–H and O–H groups in total. The highest BCUT2D eigenvalue weighted by atomic mass is 32.2. The van der Waals surface area contributed by atoms with E-state index in [0.717, 1.165) is 50.1 Å². The Morgan fingerprint density at radius 1 is 1.24 bits per heavy atom. The lowest BCUT2D eigenvalue weighted by Gasteiger charge is -2.44. The number of carbonyl (C=O) groups excluding carboxylic acids is 2. The van der Waals surface area contributed by atoms with Gasteiger partial charge in [0.2, 0.25) is 11.8 Å². The lowest BCUT2D eigenvalue weighted by molar-refractivity contribution is -0.138. The van der Waals surface area contributed by atoms with Crippen LogP contribution in [0.25, 0.3) is 0 Å². The summed E-state index contributed by atoms with van der Waals surface area (Å²) < 4.78 is 0. The van der Waals surface area contributed by atoms with E-state index in [1.54, 1.807) is 18.1 Å². The fraction of sp³-hybridized carbons (Fsp3) is 0.560. The third-order valence-corrected chi connectivity index (χ3v) is 7.54. The number of H-pyrrole nitrogens is 1. The molecule has 4 rings (SSSR count). The van der Waals surface area contributed by atoms with Gasteiger partial charge in [0, 0.05) is 38.2 Å². The van der Waals surface area contributed by atoms with E-state index in [1.165, 1.54) is 11.3 Å². The Hall–Kier alpha value is -2.32. The van der Waals surface area contributed by atoms with Crippen molar-refractivity contribution in [2.45, 2.75) is 56.5 Å². The van der Waals surface area contributed by atoms with Crippen LogP contribution in [-0.4, -0.2) is 64.4 Å². The number of nitrogens with zero attached hydrogens (tertiary/aromatic N) is 2. The predicted molar refractivity (Wildman–Crippen MR) is 132 cm³/mol. The van der Waals surface area contributed by atoms with Crippen molar-refractivity contribution in [3.63, 3.8) is 0 Å². The molecular weight excluding hydrogens is 434 g/mol. The standard InChI is InChI=1S/C25H35N5O2S/c1-33-17-11-21(29-22(31)9-5-8-19-6-3-2-4-7-19)24(32)30-15-12-25(13-16-30)23-20(10-14-28-25)26-18-27-23/h2-4,6-7,18,21,28H,5,8-17H2,1H3,(H,26,27)(H,29,31). The number of fused-ring (bicyclic) bond motifs is 2. The number of aromatic nitrogens is 2. The van der Waals surface area contributed by atoms with Gasteiger partial charge in [-0.15, -0.1) is 0 Å². The summed E-state index contributed by atoms with van der Waals surface area (Å²) in [4.78, 5) is 35.8. The minimum absolute atomic E-state index is 0.0334. The van der Waals surface area contributed by atoms with E-state index in [2.05, 4.69) is 32.7 Å². The van der Waals surface area contributed by atoms with Gasteiger partial charge in [-0.3, -0.25) is 9.59 Å². The fourth-order valence-electron chi connectivity index (χ4n) is 5.03. The summed E-state index contributed by atoms with van der Waals surface area (Å²) in [7, 11) is 0. The largest absolute Gasteiger partial charge is 0.348 e. The lowest BCUT2D eigenvalue weighted by atomic mass is 9.80. The molecule has 1 atom stereocenters. The number of aromatic amines is 1. The van der Waals surface area contributed by atoms with E-state index in [0.29, 0.717) is 25.9 Å². The zero-order chi connectivity index (χ0) is 23.1. The Balaban J connectivity index is 1.31. The second-order valence-electron chi connectivity index (χ2n) is 9.05. The highest BCUT2D eigenvalue weighted by molar-refractivity contribution is 7.98. The van der Waals surface area contributed by atoms with Gasteiger partial charge in [-0.05, 0) is 49.7 Å². The molecule has 2 aromatic rings. The third kappa shape index (κ3) is 5.79. The van der Waals surface area contributed by atoms with Crippen LogP contribution in [0.3, 0.4) is 0 Å². The molecule has 2 aliphatic heterocycles. The van der Waals surface area contributed by atoms with Crippen molar-refractivity contribution in [1.82, 2.24) is 25.5 Å². The molecule has 1 fully saturated rings. The number of imidazole rings is 1. The van der Waals surface area contributed by atoms with E-state index in [-0.39, 0.29) is 17.4 Å². The van der Waals surface area contributed by atoms with E-state index in [4.69, 9.17) is 0 Å². The summed E-state index contributed by atoms with van der Waals surface area (Å²) in [5, 5.41) is 6.72. The summed E-state index contributed by atoms with van der Waals surface area (Å²) in [6.07, 6.45) is 9.21. The van der Waals surface area contributed by atoms with Crippen LogP contribution in [0.5, 0.6) is 0 Å². The normalized spacial score (nSPS) is 18.0. The molecule has 0 saturated carbocycles. The topological polar surface area (TPSA) is 90.1 Å². The summed E-state index contributed by atoms with van der Waals surface area (Å²) in [5.41, 5.74) is 3.43. The molecule has 1 aromatic heterocycles. The van der Waals surface area contributed by atoms with Gasteiger partial charge in [0.05, 0.1) is 17.6 Å². The van der Waals surface area contributed by atoms with E-state index in [9.17, 15) is 9.59 Å². The number of nitrogens with one attached hydrogen (secondary N) is 3. The fourth-order valence-corrected chi connectivity index (χ4v) is 5.51. The van der Waals surface area contributed by atoms with Crippen molar-refractivity contribution in [3.8, 4) is 0 Å². The number of benzene rings is 1. The maximum absolute atomic E-state index is 13.4. The Labute approximate surface area is 200 Å². The molecule has 1 unspecified atom stereocenters. The Morgan fingerprint density at radius 2 is 2.03 bits per heavy atom. The van der Waals surface area contributed by atoms with Gasteiger partial charge in [0.1, 0.15) is 6.04 Å². The van der Waals surface area contributed by atoms with Crippen LogP contribution in [0.2, 0.25) is 0 Å². The highest BCUT2D eigenvalue weighted by Crippen LogP contribution is 2.36. The first-order chi connectivity index (χ1) is 16.1. The first-order valence-electron chi connectivity index (χ1n) is 12.0. The molecule has 2 aliphatic rings. The van der Waals surface area contributed by atoms with Crippen LogP contribution in [0.4, 0.5) is 0 Å². The molecule has 8 heteroatoms. The molecule has 1 spiro atoms. The number of hydrogen-bond acceptors (Lipinski definition) is 5. The van der Waals surface area contributed by atoms with Gasteiger partial charge in [0.15, 0.2) is 0 Å². The van der Waals surface area contributed by atoms with Crippen molar-refractivity contribution < 1.29 is 9.59 Å². The van der Waals surface area contributed by atoms with Gasteiger partial charge >= 0.3 is 0 Å². The SMILES string of the molecule is CSCCC(NC(=O)CCCc1ccccc1)C(=O)N1CCC2(CC1)NCCc1[nH]cnc12. The Kier molecular flexibility index (Phi) is 8.09. The summed E-state index contributed by atoms with van der Waals surface area (Å²) in [6.45, 7) is 2.29. The monoisotopic (exact) mass is 469 g/mol. The van der Waals surface area contributed by atoms with Crippen LogP contribution < -0.4 is 10.6 Å². The molecule has 33 heavy (non-hydrogen) atoms. The molecule has 7 nitrogen and oxygen atoms in total. The molecule has 1 saturated heterocycles. The molecule has 0 bridgehead atoms. The van der Waals surface area contributed by atoms with Crippen LogP contribution in [0.15, 0.2) is 36.7 Å². The highest BCUT2D eigenvalue weighted by Gasteiger charge is 2.42. The van der Waals surface area contributed by atoms with Gasteiger partial charge in [-0.2, -0.15) is 11.8 Å². The first-order valence-corrected chi connectivity index (χ1v) is 13.4. The van der Waals surface area contributed by atoms with Crippen LogP contribution in [-0.2, 0) is 28.0 Å². The number of amides is 2. The van der Waals surface area contributed by atoms with Gasteiger partial charge in [0.25, 0.3) is 0 Å². The second-order valence-corrected chi connectivity index (χ2v) is 10.0. The third-order valence-electron chi connectivity index (χ3n) is 6.89. The Morgan fingerprint density at radius 3 is 2.79 bits per heavy atom. The smallest absolute Gasteiger partial charge is 0.245 e. The number of thioether (sulfide) groups is 1. The van der Waals surface area contributed by atoms with Gasteiger partial charge < -0.3 is 20.5 Å². The molecule has 1 aromatic carbocycles. The number of hydrogen-bond donors (Lipinski definition) is 3. The van der Waals surface area contributed by atoms with Crippen molar-refractivity contribution in [2.75, 3.05) is 31.6 Å². The minimum atomic E-state index is -0.448. The van der Waals surface area contributed by atoms with Crippen LogP contribution >= 0.6 is 11.8 Å². The van der Waals surface area contributed by atoms with Gasteiger partial charge in [-0.1, -0.05) is 30.3 Å². The maximum atomic E-state index is 13.4. The summed E-state index contributed by atoms with van der Waals surface area (Å²) in [5.74, 6) is 0.860. The van der Waals surface area contributed by atoms with Crippen molar-refractivity contribution in [2.24, 2.45) is 0 Å². The van der Waals surface area contributed by atoms with E-state index in [1.807, 2.05) is 29.4 Å². The average molecular weight is 470 g/mol. The predicted octanol–water partition coefficient (Wildman–Crippen LogP) is 2.63. The molecule has 2 amide bonds. The van der Waals surface area contributed by atoms with Crippen molar-refractivity contribution in [1.29, 1.82) is 0 Å². The molecule has 0 aliphatic carbocycles. The van der Waals surface area contributed by atoms with Crippen molar-refractivity contribution >= 4 is 23.6 Å². The molecular formula is C25H35N5O2S. The van der Waals surface area contributed by atoms with Crippen LogP contribution in [0, 0.1) is 0 Å². The maximum Gasteiger partial charge on any atom is 0.245 e.